The quantitative estimate of drug-likeness (QED) is 0.735. The molecule has 0 aliphatic rings. The van der Waals surface area contributed by atoms with Crippen LogP contribution in [0.1, 0.15) is 11.1 Å². The highest BCUT2D eigenvalue weighted by Crippen LogP contribution is 2.10. The molecule has 0 bridgehead atoms. The lowest BCUT2D eigenvalue weighted by Crippen LogP contribution is -2.18. The highest BCUT2D eigenvalue weighted by Gasteiger charge is 1.89. The number of urea groups is 1. The highest BCUT2D eigenvalue weighted by atomic mass is 16.2. The molecule has 0 fully saturated rings. The van der Waals surface area contributed by atoms with Gasteiger partial charge in [0.1, 0.15) is 0 Å². The molecular weight excluding hydrogens is 176 g/mol. The fraction of sp³-hybridized carbons (Fsp3) is 0. The van der Waals surface area contributed by atoms with Crippen LogP contribution in [0.3, 0.4) is 0 Å². The largest absolute Gasteiger partial charge is 0.352 e. The van der Waals surface area contributed by atoms with E-state index in [0.717, 1.165) is 11.1 Å². The molecule has 0 spiro atoms. The van der Waals surface area contributed by atoms with E-state index in [9.17, 15) is 0 Å². The van der Waals surface area contributed by atoms with Gasteiger partial charge in [0.25, 0.3) is 0 Å². The Balaban J connectivity index is 0.000000364. The number of amides is 2. The Morgan fingerprint density at radius 3 is 1.57 bits per heavy atom. The van der Waals surface area contributed by atoms with Gasteiger partial charge in [-0.25, -0.2) is 4.79 Å². The molecule has 3 nitrogen and oxygen atoms in total. The maximum atomic E-state index is 9.00. The van der Waals surface area contributed by atoms with Crippen molar-refractivity contribution >= 4 is 18.2 Å². The summed E-state index contributed by atoms with van der Waals surface area (Å²) in [5.41, 5.74) is 10.8. The average Bonchev–Trinajstić information content (AvgIpc) is 2.17. The Kier molecular flexibility index (Phi) is 5.54. The average molecular weight is 190 g/mol. The number of benzene rings is 1. The van der Waals surface area contributed by atoms with Gasteiger partial charge in [-0.3, -0.25) is 0 Å². The fourth-order valence-electron chi connectivity index (χ4n) is 0.883. The lowest BCUT2D eigenvalue weighted by molar-refractivity contribution is 0.256. The van der Waals surface area contributed by atoms with Gasteiger partial charge in [-0.05, 0) is 11.1 Å². The van der Waals surface area contributed by atoms with Crippen molar-refractivity contribution in [2.45, 2.75) is 0 Å². The molecule has 0 saturated carbocycles. The molecule has 0 unspecified atom stereocenters. The predicted octanol–water partition coefficient (Wildman–Crippen LogP) is 2.00. The van der Waals surface area contributed by atoms with Crippen LogP contribution in [-0.4, -0.2) is 6.03 Å². The van der Waals surface area contributed by atoms with Crippen LogP contribution >= 0.6 is 0 Å². The van der Waals surface area contributed by atoms with Gasteiger partial charge in [0.2, 0.25) is 0 Å². The second kappa shape index (κ2) is 6.48. The zero-order chi connectivity index (χ0) is 11.0. The van der Waals surface area contributed by atoms with Crippen LogP contribution in [-0.2, 0) is 0 Å². The Labute approximate surface area is 83.7 Å². The zero-order valence-corrected chi connectivity index (χ0v) is 7.94. The van der Waals surface area contributed by atoms with Crippen LogP contribution < -0.4 is 11.5 Å². The van der Waals surface area contributed by atoms with E-state index < -0.39 is 6.03 Å². The summed E-state index contributed by atoms with van der Waals surface area (Å²) >= 11 is 0. The smallest absolute Gasteiger partial charge is 0.309 e. The third-order valence-electron chi connectivity index (χ3n) is 1.44. The first-order chi connectivity index (χ1) is 6.61. The van der Waals surface area contributed by atoms with Crippen molar-refractivity contribution < 1.29 is 4.79 Å². The second-order valence-corrected chi connectivity index (χ2v) is 2.44. The first kappa shape index (κ1) is 12.0. The van der Waals surface area contributed by atoms with Crippen molar-refractivity contribution in [2.24, 2.45) is 11.5 Å². The molecule has 0 atom stereocenters. The van der Waals surface area contributed by atoms with Crippen LogP contribution in [0.25, 0.3) is 12.2 Å². The van der Waals surface area contributed by atoms with Crippen LogP contribution in [0.5, 0.6) is 0 Å². The first-order valence-corrected chi connectivity index (χ1v) is 4.00. The van der Waals surface area contributed by atoms with Crippen molar-refractivity contribution in [1.82, 2.24) is 0 Å². The monoisotopic (exact) mass is 190 g/mol. The zero-order valence-electron chi connectivity index (χ0n) is 7.94. The molecule has 1 aromatic carbocycles. The molecule has 74 valence electrons. The summed E-state index contributed by atoms with van der Waals surface area (Å²) in [6.07, 6.45) is 3.66. The van der Waals surface area contributed by atoms with E-state index in [1.54, 1.807) is 0 Å². The fourth-order valence-corrected chi connectivity index (χ4v) is 0.883. The third kappa shape index (κ3) is 4.77. The van der Waals surface area contributed by atoms with Gasteiger partial charge in [0.15, 0.2) is 0 Å². The van der Waals surface area contributed by atoms with Gasteiger partial charge in [0.05, 0.1) is 0 Å². The number of primary amides is 2. The highest BCUT2D eigenvalue weighted by molar-refractivity contribution is 5.69. The van der Waals surface area contributed by atoms with Crippen molar-refractivity contribution in [3.63, 3.8) is 0 Å². The van der Waals surface area contributed by atoms with Gasteiger partial charge in [0, 0.05) is 0 Å². The second-order valence-electron chi connectivity index (χ2n) is 2.44. The molecule has 0 aliphatic carbocycles. The molecule has 0 aliphatic heterocycles. The lowest BCUT2D eigenvalue weighted by Gasteiger charge is -1.96. The molecule has 3 heteroatoms. The van der Waals surface area contributed by atoms with E-state index in [-0.39, 0.29) is 0 Å². The Bertz CT molecular complexity index is 301. The van der Waals surface area contributed by atoms with E-state index in [1.807, 2.05) is 36.4 Å². The standard InChI is InChI=1S/C10H10.CH4N2O/c1-3-9-7-5-6-8-10(9)4-2;2-1(3)4/h3-8H,1-2H2;(H4,2,3,4). The number of rotatable bonds is 2. The van der Waals surface area contributed by atoms with Crippen molar-refractivity contribution in [2.75, 3.05) is 0 Å². The maximum absolute atomic E-state index is 9.00. The van der Waals surface area contributed by atoms with Gasteiger partial charge >= 0.3 is 6.03 Å². The molecular formula is C11H14N2O. The van der Waals surface area contributed by atoms with Gasteiger partial charge < -0.3 is 11.5 Å². The van der Waals surface area contributed by atoms with Gasteiger partial charge in [-0.15, -0.1) is 0 Å². The first-order valence-electron chi connectivity index (χ1n) is 4.00. The minimum Gasteiger partial charge on any atom is -0.352 e. The van der Waals surface area contributed by atoms with E-state index in [0.29, 0.717) is 0 Å². The normalized spacial score (nSPS) is 8.00. The Morgan fingerprint density at radius 2 is 1.36 bits per heavy atom. The van der Waals surface area contributed by atoms with Crippen molar-refractivity contribution in [1.29, 1.82) is 0 Å². The van der Waals surface area contributed by atoms with E-state index >= 15 is 0 Å². The summed E-state index contributed by atoms with van der Waals surface area (Å²) in [6.45, 7) is 7.38. The van der Waals surface area contributed by atoms with Crippen LogP contribution in [0, 0.1) is 0 Å². The van der Waals surface area contributed by atoms with Gasteiger partial charge in [-0.1, -0.05) is 49.6 Å². The minimum atomic E-state index is -0.833. The maximum Gasteiger partial charge on any atom is 0.309 e. The van der Waals surface area contributed by atoms with Crippen molar-refractivity contribution in [3.8, 4) is 0 Å². The molecule has 2 amide bonds. The SMILES string of the molecule is C=Cc1ccccc1C=C.NC(N)=O. The van der Waals surface area contributed by atoms with Crippen LogP contribution in [0.4, 0.5) is 4.79 Å². The number of carbonyl (C=O) groups excluding carboxylic acids is 1. The predicted molar refractivity (Wildman–Crippen MR) is 60.4 cm³/mol. The van der Waals surface area contributed by atoms with E-state index in [2.05, 4.69) is 24.6 Å². The molecule has 4 N–H and O–H groups in total. The number of hydrogen-bond acceptors (Lipinski definition) is 1. The number of carbonyl (C=O) groups is 1. The molecule has 0 radical (unpaired) electrons. The molecule has 1 aromatic rings. The van der Waals surface area contributed by atoms with Crippen LogP contribution in [0.15, 0.2) is 37.4 Å². The minimum absolute atomic E-state index is 0.833. The Morgan fingerprint density at radius 1 is 1.07 bits per heavy atom. The van der Waals surface area contributed by atoms with Crippen LogP contribution in [0.2, 0.25) is 0 Å². The summed E-state index contributed by atoms with van der Waals surface area (Å²) < 4.78 is 0. The number of nitrogens with two attached hydrogens (primary N) is 2. The van der Waals surface area contributed by atoms with Gasteiger partial charge in [-0.2, -0.15) is 0 Å². The van der Waals surface area contributed by atoms with E-state index in [1.165, 1.54) is 0 Å². The van der Waals surface area contributed by atoms with E-state index in [4.69, 9.17) is 4.79 Å². The lowest BCUT2D eigenvalue weighted by atomic mass is 10.1. The molecule has 0 heterocycles. The topological polar surface area (TPSA) is 69.1 Å². The molecule has 0 aromatic heterocycles. The summed E-state index contributed by atoms with van der Waals surface area (Å²) in [4.78, 5) is 9.00. The molecule has 1 rings (SSSR count). The summed E-state index contributed by atoms with van der Waals surface area (Å²) in [5.74, 6) is 0. The van der Waals surface area contributed by atoms with Crippen molar-refractivity contribution in [3.05, 3.63) is 48.6 Å². The summed E-state index contributed by atoms with van der Waals surface area (Å²) in [7, 11) is 0. The molecule has 14 heavy (non-hydrogen) atoms. The summed E-state index contributed by atoms with van der Waals surface area (Å²) in [6, 6.07) is 7.18. The summed E-state index contributed by atoms with van der Waals surface area (Å²) in [5, 5.41) is 0. The third-order valence-corrected chi connectivity index (χ3v) is 1.44. The number of hydrogen-bond donors (Lipinski definition) is 2. The Hall–Kier alpha value is -2.03. The molecule has 0 saturated heterocycles.